The maximum Gasteiger partial charge on any atom is 0.267 e. The van der Waals surface area contributed by atoms with E-state index in [1.54, 1.807) is 12.3 Å². The van der Waals surface area contributed by atoms with Crippen molar-refractivity contribution in [3.63, 3.8) is 0 Å². The Morgan fingerprint density at radius 2 is 1.52 bits per heavy atom. The number of anilines is 1. The molecule has 2 heterocycles. The van der Waals surface area contributed by atoms with Crippen LogP contribution in [-0.4, -0.2) is 29.6 Å². The second-order valence-corrected chi connectivity index (χ2v) is 12.6. The molecular formula is C30H37F3N4O2S3. The molecular weight excluding hydrogens is 602 g/mol. The van der Waals surface area contributed by atoms with E-state index in [0.29, 0.717) is 15.7 Å². The second kappa shape index (κ2) is 16.6. The molecule has 228 valence electrons. The van der Waals surface area contributed by atoms with Crippen molar-refractivity contribution in [1.82, 2.24) is 15.0 Å². The van der Waals surface area contributed by atoms with Gasteiger partial charge in [-0.15, -0.1) is 11.3 Å². The van der Waals surface area contributed by atoms with Gasteiger partial charge in [0.2, 0.25) is 0 Å². The summed E-state index contributed by atoms with van der Waals surface area (Å²) in [5.74, 6) is -3.41. The highest BCUT2D eigenvalue weighted by atomic mass is 32.2. The molecule has 12 heteroatoms. The van der Waals surface area contributed by atoms with Gasteiger partial charge in [0.25, 0.3) is 10.0 Å². The summed E-state index contributed by atoms with van der Waals surface area (Å²) < 4.78 is 71.5. The molecule has 1 N–H and O–H groups in total. The quantitative estimate of drug-likeness (QED) is 0.153. The third-order valence-electron chi connectivity index (χ3n) is 5.41. The van der Waals surface area contributed by atoms with Crippen LogP contribution in [-0.2, 0) is 10.0 Å². The van der Waals surface area contributed by atoms with Gasteiger partial charge in [0.1, 0.15) is 11.6 Å². The van der Waals surface area contributed by atoms with Crippen LogP contribution in [0.3, 0.4) is 0 Å². The lowest BCUT2D eigenvalue weighted by Crippen LogP contribution is -2.17. The molecule has 4 aromatic rings. The Balaban J connectivity index is 0.000000946. The number of aromatic nitrogens is 3. The highest BCUT2D eigenvalue weighted by molar-refractivity contribution is 7.98. The number of nitrogens with one attached hydrogen (secondary N) is 1. The molecule has 4 rings (SSSR count). The van der Waals surface area contributed by atoms with Gasteiger partial charge in [0.15, 0.2) is 15.9 Å². The van der Waals surface area contributed by atoms with Crippen molar-refractivity contribution in [3.8, 4) is 21.8 Å². The lowest BCUT2D eigenvalue weighted by atomic mass is 10.1. The van der Waals surface area contributed by atoms with Gasteiger partial charge in [-0.3, -0.25) is 4.72 Å². The summed E-state index contributed by atoms with van der Waals surface area (Å²) in [4.78, 5) is 12.8. The Kier molecular flexibility index (Phi) is 13.9. The molecule has 2 aromatic carbocycles. The molecule has 0 fully saturated rings. The molecule has 0 spiro atoms. The number of hydrogen-bond acceptors (Lipinski definition) is 7. The topological polar surface area (TPSA) is 84.8 Å². The largest absolute Gasteiger partial charge is 0.276 e. The number of halogens is 3. The normalized spacial score (nSPS) is 11.6. The Bertz CT molecular complexity index is 1540. The minimum absolute atomic E-state index is 0.0225. The Labute approximate surface area is 255 Å². The first-order chi connectivity index (χ1) is 20.0. The van der Waals surface area contributed by atoms with Crippen molar-refractivity contribution in [1.29, 1.82) is 0 Å². The van der Waals surface area contributed by atoms with Crippen molar-refractivity contribution in [2.45, 2.75) is 76.8 Å². The number of rotatable bonds is 8. The number of benzene rings is 2. The Hall–Kier alpha value is -2.96. The van der Waals surface area contributed by atoms with Crippen LogP contribution in [0.15, 0.2) is 58.7 Å². The highest BCUT2D eigenvalue weighted by Gasteiger charge is 2.27. The van der Waals surface area contributed by atoms with Gasteiger partial charge in [-0.1, -0.05) is 78.3 Å². The first-order valence-electron chi connectivity index (χ1n) is 13.6. The van der Waals surface area contributed by atoms with Gasteiger partial charge in [-0.2, -0.15) is 0 Å². The molecule has 0 saturated heterocycles. The van der Waals surface area contributed by atoms with Gasteiger partial charge in [0, 0.05) is 17.7 Å². The zero-order valence-electron chi connectivity index (χ0n) is 24.8. The predicted molar refractivity (Wildman–Crippen MR) is 168 cm³/mol. The summed E-state index contributed by atoms with van der Waals surface area (Å²) in [6.45, 7) is 12.5. The molecule has 0 saturated carbocycles. The van der Waals surface area contributed by atoms with E-state index in [0.717, 1.165) is 29.6 Å². The van der Waals surface area contributed by atoms with Crippen LogP contribution in [0.5, 0.6) is 0 Å². The molecule has 0 aliphatic rings. The van der Waals surface area contributed by atoms with E-state index in [1.165, 1.54) is 54.1 Å². The van der Waals surface area contributed by atoms with E-state index in [4.69, 9.17) is 0 Å². The first kappa shape index (κ1) is 35.2. The molecule has 0 aliphatic carbocycles. The van der Waals surface area contributed by atoms with Gasteiger partial charge in [0.05, 0.1) is 27.0 Å². The highest BCUT2D eigenvalue weighted by Crippen LogP contribution is 2.41. The van der Waals surface area contributed by atoms with Crippen LogP contribution in [0, 0.1) is 17.5 Å². The van der Waals surface area contributed by atoms with Gasteiger partial charge >= 0.3 is 0 Å². The van der Waals surface area contributed by atoms with E-state index in [-0.39, 0.29) is 17.2 Å². The standard InChI is InChI=1S/C24H21F3N4O2S3.2C3H8/c1-4-13(2)23-30-20(21(35-23)18-11-12-28-24(29-18)34-3)14-7-5-10-17(19(14)27)31-36(32,33)22-15(25)8-6-9-16(22)26;2*1-3-2/h5-13,31H,4H2,1-3H3;2*3H2,1-2H3. The van der Waals surface area contributed by atoms with Crippen LogP contribution in [0.1, 0.15) is 71.7 Å². The van der Waals surface area contributed by atoms with Gasteiger partial charge < -0.3 is 0 Å². The molecule has 1 unspecified atom stereocenters. The van der Waals surface area contributed by atoms with Crippen molar-refractivity contribution >= 4 is 38.8 Å². The number of thioether (sulfide) groups is 1. The van der Waals surface area contributed by atoms with Gasteiger partial charge in [-0.25, -0.2) is 36.5 Å². The van der Waals surface area contributed by atoms with Crippen molar-refractivity contribution in [3.05, 3.63) is 71.1 Å². The first-order valence-corrected chi connectivity index (χ1v) is 17.1. The Morgan fingerprint density at radius 3 is 2.10 bits per heavy atom. The molecule has 0 bridgehead atoms. The third kappa shape index (κ3) is 8.78. The average molecular weight is 639 g/mol. The van der Waals surface area contributed by atoms with Crippen LogP contribution in [0.4, 0.5) is 18.9 Å². The summed E-state index contributed by atoms with van der Waals surface area (Å²) in [6.07, 6.45) is 6.75. The van der Waals surface area contributed by atoms with Crippen LogP contribution >= 0.6 is 23.1 Å². The predicted octanol–water partition coefficient (Wildman–Crippen LogP) is 9.55. The molecule has 0 aliphatic heterocycles. The minimum atomic E-state index is -4.76. The monoisotopic (exact) mass is 638 g/mol. The molecule has 42 heavy (non-hydrogen) atoms. The number of thiazole rings is 1. The summed E-state index contributed by atoms with van der Waals surface area (Å²) in [7, 11) is -4.76. The molecule has 0 amide bonds. The molecule has 0 radical (unpaired) electrons. The number of hydrogen-bond donors (Lipinski definition) is 1. The van der Waals surface area contributed by atoms with E-state index in [9.17, 15) is 17.2 Å². The summed E-state index contributed by atoms with van der Waals surface area (Å²) >= 11 is 2.73. The zero-order valence-corrected chi connectivity index (χ0v) is 27.3. The van der Waals surface area contributed by atoms with E-state index in [1.807, 2.05) is 24.8 Å². The molecule has 6 nitrogen and oxygen atoms in total. The fraction of sp³-hybridized carbons (Fsp3) is 0.367. The van der Waals surface area contributed by atoms with Crippen molar-refractivity contribution in [2.75, 3.05) is 11.0 Å². The van der Waals surface area contributed by atoms with Gasteiger partial charge in [-0.05, 0) is 43.0 Å². The maximum atomic E-state index is 15.8. The third-order valence-corrected chi connectivity index (χ3v) is 8.70. The van der Waals surface area contributed by atoms with E-state index in [2.05, 4.69) is 42.6 Å². The number of sulfonamides is 1. The van der Waals surface area contributed by atoms with Crippen LogP contribution < -0.4 is 4.72 Å². The summed E-state index contributed by atoms with van der Waals surface area (Å²) in [5.41, 5.74) is 0.396. The Morgan fingerprint density at radius 1 is 0.929 bits per heavy atom. The summed E-state index contributed by atoms with van der Waals surface area (Å²) in [6, 6.07) is 8.44. The van der Waals surface area contributed by atoms with Crippen LogP contribution in [0.25, 0.3) is 21.8 Å². The molecule has 1 atom stereocenters. The summed E-state index contributed by atoms with van der Waals surface area (Å²) in [5, 5.41) is 1.30. The fourth-order valence-electron chi connectivity index (χ4n) is 3.37. The lowest BCUT2D eigenvalue weighted by molar-refractivity contribution is 0.521. The molecule has 2 aromatic heterocycles. The number of nitrogens with zero attached hydrogens (tertiary/aromatic N) is 3. The average Bonchev–Trinajstić information content (AvgIpc) is 3.40. The maximum absolute atomic E-state index is 15.8. The van der Waals surface area contributed by atoms with E-state index < -0.39 is 38.1 Å². The smallest absolute Gasteiger partial charge is 0.267 e. The zero-order chi connectivity index (χ0) is 31.4. The van der Waals surface area contributed by atoms with Crippen molar-refractivity contribution < 1.29 is 21.6 Å². The second-order valence-electron chi connectivity index (χ2n) is 9.21. The van der Waals surface area contributed by atoms with E-state index >= 15 is 4.39 Å². The lowest BCUT2D eigenvalue weighted by Gasteiger charge is -2.12. The minimum Gasteiger partial charge on any atom is -0.276 e. The van der Waals surface area contributed by atoms with Crippen molar-refractivity contribution in [2.24, 2.45) is 0 Å². The van der Waals surface area contributed by atoms with Crippen LogP contribution in [0.2, 0.25) is 0 Å². The fourth-order valence-corrected chi connectivity index (χ4v) is 6.11. The SMILES string of the molecule is CCC.CCC.CCC(C)c1nc(-c2cccc(NS(=O)(=O)c3c(F)cccc3F)c2F)c(-c2ccnc(SC)n2)s1.